The molecule has 7 nitrogen and oxygen atoms in total. The topological polar surface area (TPSA) is 86.1 Å². The van der Waals surface area contributed by atoms with Crippen LogP contribution in [0, 0.1) is 0 Å². The number of halogens is 2. The number of nitrogens with zero attached hydrogens (tertiary/aromatic N) is 1. The number of carbonyl (C=O) groups excluding carboxylic acids is 2. The Labute approximate surface area is 197 Å². The number of piperidine rings is 1. The largest absolute Gasteiger partial charge is 0.359 e. The first kappa shape index (κ1) is 22.9. The molecule has 3 amide bonds. The smallest absolute Gasteiger partial charge is 0.329 e. The average molecular weight is 478 g/mol. The second-order valence-electron chi connectivity index (χ2n) is 8.25. The maximum absolute atomic E-state index is 13.4. The zero-order chi connectivity index (χ0) is 22.7. The second kappa shape index (κ2) is 9.67. The Bertz CT molecular complexity index is 1010. The van der Waals surface area contributed by atoms with Crippen molar-refractivity contribution in [2.45, 2.75) is 31.4 Å². The van der Waals surface area contributed by atoms with Gasteiger partial charge in [0.25, 0.3) is 11.6 Å². The van der Waals surface area contributed by atoms with E-state index in [-0.39, 0.29) is 16.3 Å². The molecular formula is C23H27Cl2N4O3+. The van der Waals surface area contributed by atoms with E-state index in [2.05, 4.69) is 10.6 Å². The fourth-order valence-electron chi connectivity index (χ4n) is 4.45. The first-order valence-corrected chi connectivity index (χ1v) is 11.7. The van der Waals surface area contributed by atoms with Crippen LogP contribution >= 0.6 is 23.2 Å². The van der Waals surface area contributed by atoms with Crippen molar-refractivity contribution in [1.82, 2.24) is 5.32 Å². The highest BCUT2D eigenvalue weighted by Gasteiger charge is 2.51. The summed E-state index contributed by atoms with van der Waals surface area (Å²) in [5.74, 6) is -0.667. The average Bonchev–Trinajstić information content (AvgIpc) is 2.79. The van der Waals surface area contributed by atoms with Crippen LogP contribution in [0.3, 0.4) is 0 Å². The molecule has 1 atom stereocenters. The Morgan fingerprint density at radius 2 is 1.88 bits per heavy atom. The molecule has 2 aliphatic heterocycles. The monoisotopic (exact) mass is 477 g/mol. The summed E-state index contributed by atoms with van der Waals surface area (Å²) < 4.78 is 0. The molecular weight excluding hydrogens is 451 g/mol. The van der Waals surface area contributed by atoms with Gasteiger partial charge in [0.1, 0.15) is 0 Å². The van der Waals surface area contributed by atoms with Gasteiger partial charge >= 0.3 is 6.03 Å². The van der Waals surface area contributed by atoms with Gasteiger partial charge in [-0.05, 0) is 43.5 Å². The third-order valence-corrected chi connectivity index (χ3v) is 6.84. The fraction of sp³-hybridized carbons (Fsp3) is 0.391. The number of para-hydroxylation sites is 1. The zero-order valence-corrected chi connectivity index (χ0v) is 19.2. The number of rotatable bonds is 6. The van der Waals surface area contributed by atoms with Gasteiger partial charge in [0.15, 0.2) is 0 Å². The van der Waals surface area contributed by atoms with Gasteiger partial charge in [-0.15, -0.1) is 0 Å². The molecule has 1 saturated heterocycles. The van der Waals surface area contributed by atoms with Crippen LogP contribution in [-0.2, 0) is 10.5 Å². The molecule has 4 rings (SSSR count). The molecule has 2 aromatic carbocycles. The molecule has 32 heavy (non-hydrogen) atoms. The van der Waals surface area contributed by atoms with Gasteiger partial charge in [0.05, 0.1) is 41.1 Å². The summed E-state index contributed by atoms with van der Waals surface area (Å²) in [6, 6.07) is 10.6. The van der Waals surface area contributed by atoms with Gasteiger partial charge in [0, 0.05) is 18.5 Å². The summed E-state index contributed by atoms with van der Waals surface area (Å²) in [5.41, 5.74) is -1.33. The van der Waals surface area contributed by atoms with Crippen LogP contribution in [0.1, 0.15) is 31.2 Å². The number of likely N-dealkylation sites (tertiary alicyclic amines) is 1. The molecule has 1 unspecified atom stereocenters. The standard InChI is InChI=1S/C23H26Cl2N4O3/c24-18-10-9-16(15-19(18)25)29-22(31)27-20-8-3-2-7-17(20)23(29,32)21(30)26-11-6-14-28-12-4-1-5-13-28/h2-3,7-10,15,32H,1,4-6,11-14H2,(H,26,30)(H,27,31)/p+1. The Hall–Kier alpha value is -2.32. The molecule has 1 fully saturated rings. The lowest BCUT2D eigenvalue weighted by molar-refractivity contribution is -0.905. The van der Waals surface area contributed by atoms with Crippen molar-refractivity contribution in [3.8, 4) is 0 Å². The van der Waals surface area contributed by atoms with E-state index >= 15 is 0 Å². The number of benzene rings is 2. The number of nitrogens with one attached hydrogen (secondary N) is 3. The Balaban J connectivity index is 1.59. The number of quaternary nitrogens is 1. The molecule has 2 heterocycles. The maximum Gasteiger partial charge on any atom is 0.329 e. The van der Waals surface area contributed by atoms with Gasteiger partial charge in [-0.25, -0.2) is 4.79 Å². The first-order chi connectivity index (χ1) is 15.4. The van der Waals surface area contributed by atoms with Gasteiger partial charge in [-0.3, -0.25) is 9.69 Å². The minimum atomic E-state index is -2.24. The summed E-state index contributed by atoms with van der Waals surface area (Å²) in [4.78, 5) is 28.9. The lowest BCUT2D eigenvalue weighted by Gasteiger charge is -2.42. The molecule has 0 aromatic heterocycles. The molecule has 9 heteroatoms. The minimum absolute atomic E-state index is 0.211. The first-order valence-electron chi connectivity index (χ1n) is 10.9. The Morgan fingerprint density at radius 1 is 1.12 bits per heavy atom. The summed E-state index contributed by atoms with van der Waals surface area (Å²) in [5, 5.41) is 17.8. The molecule has 0 aliphatic carbocycles. The van der Waals surface area contributed by atoms with Gasteiger partial charge in [-0.2, -0.15) is 0 Å². The molecule has 0 radical (unpaired) electrons. The third-order valence-electron chi connectivity index (χ3n) is 6.10. The van der Waals surface area contributed by atoms with E-state index in [0.717, 1.165) is 31.0 Å². The number of hydrogen-bond donors (Lipinski definition) is 4. The number of aliphatic hydroxyl groups is 1. The molecule has 0 spiro atoms. The number of urea groups is 1. The van der Waals surface area contributed by atoms with E-state index in [0.29, 0.717) is 17.3 Å². The van der Waals surface area contributed by atoms with Crippen LogP contribution in [0.15, 0.2) is 42.5 Å². The molecule has 4 N–H and O–H groups in total. The Morgan fingerprint density at radius 3 is 2.62 bits per heavy atom. The number of hydrogen-bond acceptors (Lipinski definition) is 3. The highest BCUT2D eigenvalue weighted by atomic mass is 35.5. The summed E-state index contributed by atoms with van der Waals surface area (Å²) in [7, 11) is 0. The highest BCUT2D eigenvalue weighted by Crippen LogP contribution is 2.41. The molecule has 170 valence electrons. The van der Waals surface area contributed by atoms with E-state index in [4.69, 9.17) is 23.2 Å². The summed E-state index contributed by atoms with van der Waals surface area (Å²) >= 11 is 12.2. The van der Waals surface area contributed by atoms with Crippen LogP contribution in [0.4, 0.5) is 16.2 Å². The second-order valence-corrected chi connectivity index (χ2v) is 9.07. The quantitative estimate of drug-likeness (QED) is 0.482. The van der Waals surface area contributed by atoms with Crippen molar-refractivity contribution in [3.63, 3.8) is 0 Å². The molecule has 0 saturated carbocycles. The van der Waals surface area contributed by atoms with Crippen molar-refractivity contribution < 1.29 is 19.6 Å². The fourth-order valence-corrected chi connectivity index (χ4v) is 4.74. The van der Waals surface area contributed by atoms with Crippen LogP contribution in [0.5, 0.6) is 0 Å². The van der Waals surface area contributed by atoms with Gasteiger partial charge in [0.2, 0.25) is 0 Å². The number of anilines is 2. The van der Waals surface area contributed by atoms with Crippen LogP contribution < -0.4 is 20.4 Å². The third kappa shape index (κ3) is 4.43. The number of amides is 3. The summed E-state index contributed by atoms with van der Waals surface area (Å²) in [6.45, 7) is 3.70. The van der Waals surface area contributed by atoms with E-state index < -0.39 is 17.7 Å². The molecule has 2 aliphatic rings. The number of carbonyl (C=O) groups is 2. The lowest BCUT2D eigenvalue weighted by Crippen LogP contribution is -3.12. The van der Waals surface area contributed by atoms with Crippen LogP contribution in [0.25, 0.3) is 0 Å². The molecule has 2 aromatic rings. The van der Waals surface area contributed by atoms with Crippen molar-refractivity contribution >= 4 is 46.5 Å². The zero-order valence-electron chi connectivity index (χ0n) is 17.7. The van der Waals surface area contributed by atoms with Crippen molar-refractivity contribution in [2.24, 2.45) is 0 Å². The van der Waals surface area contributed by atoms with E-state index in [1.54, 1.807) is 35.2 Å². The van der Waals surface area contributed by atoms with E-state index in [9.17, 15) is 14.7 Å². The van der Waals surface area contributed by atoms with Gasteiger partial charge < -0.3 is 20.6 Å². The predicted molar refractivity (Wildman–Crippen MR) is 125 cm³/mol. The molecule has 0 bridgehead atoms. The lowest BCUT2D eigenvalue weighted by atomic mass is 9.94. The van der Waals surface area contributed by atoms with E-state index in [1.165, 1.54) is 31.4 Å². The van der Waals surface area contributed by atoms with Crippen molar-refractivity contribution in [3.05, 3.63) is 58.1 Å². The van der Waals surface area contributed by atoms with Crippen LogP contribution in [0.2, 0.25) is 10.0 Å². The normalized spacial score (nSPS) is 21.1. The predicted octanol–water partition coefficient (Wildman–Crippen LogP) is 2.77. The van der Waals surface area contributed by atoms with E-state index in [1.807, 2.05) is 0 Å². The summed E-state index contributed by atoms with van der Waals surface area (Å²) in [6.07, 6.45) is 4.56. The minimum Gasteiger partial charge on any atom is -0.359 e. The van der Waals surface area contributed by atoms with Gasteiger partial charge in [-0.1, -0.05) is 41.4 Å². The Kier molecular flexibility index (Phi) is 6.90. The SMILES string of the molecule is O=C1Nc2ccccc2C(O)(C(=O)NCCC[NH+]2CCCCC2)N1c1ccc(Cl)c(Cl)c1. The highest BCUT2D eigenvalue weighted by molar-refractivity contribution is 6.42. The maximum atomic E-state index is 13.4. The number of fused-ring (bicyclic) bond motifs is 1. The van der Waals surface area contributed by atoms with Crippen molar-refractivity contribution in [1.29, 1.82) is 0 Å². The van der Waals surface area contributed by atoms with Crippen molar-refractivity contribution in [2.75, 3.05) is 36.4 Å². The van der Waals surface area contributed by atoms with Crippen LogP contribution in [-0.4, -0.2) is 43.2 Å².